The Morgan fingerprint density at radius 3 is 2.06 bits per heavy atom. The molecule has 4 rings (SSSR count). The molecule has 0 amide bonds. The summed E-state index contributed by atoms with van der Waals surface area (Å²) in [5.74, 6) is 1.85. The van der Waals surface area contributed by atoms with Gasteiger partial charge >= 0.3 is 0 Å². The van der Waals surface area contributed by atoms with Crippen LogP contribution in [0.15, 0.2) is 71.7 Å². The molecule has 35 heavy (non-hydrogen) atoms. The minimum Gasteiger partial charge on any atom is -0.354 e. The molecule has 0 saturated carbocycles. The van der Waals surface area contributed by atoms with E-state index in [-0.39, 0.29) is 6.04 Å². The molecule has 3 heteroatoms. The number of nitrogens with one attached hydrogen (secondary N) is 1. The van der Waals surface area contributed by atoms with Crippen molar-refractivity contribution in [1.29, 1.82) is 0 Å². The summed E-state index contributed by atoms with van der Waals surface area (Å²) < 4.78 is 0. The van der Waals surface area contributed by atoms with Crippen molar-refractivity contribution in [2.24, 2.45) is 4.99 Å². The van der Waals surface area contributed by atoms with E-state index in [4.69, 9.17) is 4.99 Å². The van der Waals surface area contributed by atoms with Crippen molar-refractivity contribution < 1.29 is 0 Å². The first-order valence-corrected chi connectivity index (χ1v) is 13.7. The Bertz CT molecular complexity index is 1200. The fraction of sp³-hybridized carbons (Fsp3) is 0.344. The van der Waals surface area contributed by atoms with Gasteiger partial charge in [0.25, 0.3) is 0 Å². The van der Waals surface area contributed by atoms with Gasteiger partial charge in [-0.3, -0.25) is 4.99 Å². The van der Waals surface area contributed by atoms with E-state index < -0.39 is 0 Å². The highest BCUT2D eigenvalue weighted by Crippen LogP contribution is 2.38. The maximum Gasteiger partial charge on any atom is 0.0934 e. The summed E-state index contributed by atoms with van der Waals surface area (Å²) in [5.41, 5.74) is 11.6. The van der Waals surface area contributed by atoms with E-state index in [0.717, 1.165) is 16.5 Å². The number of hydrogen-bond donors (Lipinski definition) is 1. The quantitative estimate of drug-likeness (QED) is 0.363. The number of aryl methyl sites for hydroxylation is 3. The van der Waals surface area contributed by atoms with Crippen molar-refractivity contribution in [3.8, 4) is 0 Å². The highest BCUT2D eigenvalue weighted by molar-refractivity contribution is 8.14. The SMILES string of the molecule is Cc1cc(C)c(C2CSC(C=C(Nc3c(C(C)C)cccc3C(C)C)c3ccccc3)=N2)c(C)c1. The number of rotatable bonds is 7. The van der Waals surface area contributed by atoms with Crippen LogP contribution < -0.4 is 5.32 Å². The summed E-state index contributed by atoms with van der Waals surface area (Å²) in [6.07, 6.45) is 2.25. The normalized spacial score (nSPS) is 16.2. The molecule has 0 fully saturated rings. The molecule has 182 valence electrons. The van der Waals surface area contributed by atoms with E-state index in [1.807, 2.05) is 11.8 Å². The van der Waals surface area contributed by atoms with Crippen molar-refractivity contribution in [2.45, 2.75) is 66.3 Å². The first-order chi connectivity index (χ1) is 16.7. The molecule has 1 N–H and O–H groups in total. The number of anilines is 1. The Kier molecular flexibility index (Phi) is 7.86. The van der Waals surface area contributed by atoms with Crippen LogP contribution in [0, 0.1) is 20.8 Å². The lowest BCUT2D eigenvalue weighted by Crippen LogP contribution is -2.08. The Labute approximate surface area is 216 Å². The second kappa shape index (κ2) is 10.9. The fourth-order valence-corrected chi connectivity index (χ4v) is 6.07. The van der Waals surface area contributed by atoms with E-state index in [1.54, 1.807) is 0 Å². The smallest absolute Gasteiger partial charge is 0.0934 e. The Balaban J connectivity index is 1.76. The Hall–Kier alpha value is -2.78. The summed E-state index contributed by atoms with van der Waals surface area (Å²) >= 11 is 1.86. The van der Waals surface area contributed by atoms with Crippen LogP contribution in [0.2, 0.25) is 0 Å². The van der Waals surface area contributed by atoms with Crippen LogP contribution in [0.3, 0.4) is 0 Å². The van der Waals surface area contributed by atoms with Crippen LogP contribution >= 0.6 is 11.8 Å². The first kappa shape index (κ1) is 25.3. The van der Waals surface area contributed by atoms with Gasteiger partial charge in [0.2, 0.25) is 0 Å². The van der Waals surface area contributed by atoms with Gasteiger partial charge < -0.3 is 5.32 Å². The highest BCUT2D eigenvalue weighted by Gasteiger charge is 2.23. The summed E-state index contributed by atoms with van der Waals surface area (Å²) in [5, 5.41) is 4.97. The predicted octanol–water partition coefficient (Wildman–Crippen LogP) is 9.20. The van der Waals surface area contributed by atoms with Gasteiger partial charge in [-0.25, -0.2) is 0 Å². The van der Waals surface area contributed by atoms with E-state index in [0.29, 0.717) is 11.8 Å². The average molecular weight is 483 g/mol. The minimum absolute atomic E-state index is 0.207. The van der Waals surface area contributed by atoms with Crippen molar-refractivity contribution in [2.75, 3.05) is 11.1 Å². The molecule has 1 aliphatic rings. The summed E-state index contributed by atoms with van der Waals surface area (Å²) in [7, 11) is 0. The van der Waals surface area contributed by atoms with E-state index in [1.165, 1.54) is 44.6 Å². The molecular weight excluding hydrogens is 444 g/mol. The molecule has 0 saturated heterocycles. The van der Waals surface area contributed by atoms with Gasteiger partial charge in [-0.15, -0.1) is 11.8 Å². The zero-order valence-electron chi connectivity index (χ0n) is 22.1. The largest absolute Gasteiger partial charge is 0.354 e. The van der Waals surface area contributed by atoms with Gasteiger partial charge in [0.15, 0.2) is 0 Å². The number of aliphatic imine (C=N–C) groups is 1. The Morgan fingerprint density at radius 2 is 1.49 bits per heavy atom. The number of nitrogens with zero attached hydrogens (tertiary/aromatic N) is 1. The van der Waals surface area contributed by atoms with E-state index in [9.17, 15) is 0 Å². The van der Waals surface area contributed by atoms with Crippen molar-refractivity contribution in [3.63, 3.8) is 0 Å². The molecular formula is C32H38N2S. The van der Waals surface area contributed by atoms with Crippen LogP contribution in [-0.4, -0.2) is 10.8 Å². The third-order valence-corrected chi connectivity index (χ3v) is 7.73. The molecule has 1 aliphatic heterocycles. The van der Waals surface area contributed by atoms with E-state index in [2.05, 4.69) is 121 Å². The van der Waals surface area contributed by atoms with E-state index >= 15 is 0 Å². The standard InChI is InChI=1S/C32H38N2S/c1-20(2)26-14-11-15-27(21(3)4)32(26)34-28(25-12-9-8-10-13-25)18-30-33-29(19-35-30)31-23(6)16-22(5)17-24(31)7/h8-18,20-21,29,34H,19H2,1-7H3. The Morgan fingerprint density at radius 1 is 0.886 bits per heavy atom. The zero-order chi connectivity index (χ0) is 25.1. The predicted molar refractivity (Wildman–Crippen MR) is 156 cm³/mol. The molecule has 1 unspecified atom stereocenters. The van der Waals surface area contributed by atoms with Gasteiger partial charge in [-0.1, -0.05) is 93.9 Å². The minimum atomic E-state index is 0.207. The van der Waals surface area contributed by atoms with Crippen LogP contribution in [0.1, 0.15) is 84.5 Å². The maximum atomic E-state index is 5.19. The molecule has 2 nitrogen and oxygen atoms in total. The topological polar surface area (TPSA) is 24.4 Å². The van der Waals surface area contributed by atoms with Gasteiger partial charge in [-0.2, -0.15) is 0 Å². The number of hydrogen-bond acceptors (Lipinski definition) is 3. The van der Waals surface area contributed by atoms with Crippen molar-refractivity contribution >= 4 is 28.2 Å². The second-order valence-electron chi connectivity index (χ2n) is 10.3. The van der Waals surface area contributed by atoms with Gasteiger partial charge in [0.05, 0.1) is 11.1 Å². The second-order valence-corrected chi connectivity index (χ2v) is 11.3. The average Bonchev–Trinajstić information content (AvgIpc) is 3.26. The molecule has 0 aromatic heterocycles. The lowest BCUT2D eigenvalue weighted by atomic mass is 9.92. The molecule has 1 heterocycles. The molecule has 1 atom stereocenters. The molecule has 0 spiro atoms. The fourth-order valence-electron chi connectivity index (χ4n) is 5.10. The highest BCUT2D eigenvalue weighted by atomic mass is 32.2. The summed E-state index contributed by atoms with van der Waals surface area (Å²) in [6, 6.07) is 22.1. The summed E-state index contributed by atoms with van der Waals surface area (Å²) in [6.45, 7) is 15.7. The van der Waals surface area contributed by atoms with Crippen LogP contribution in [0.25, 0.3) is 5.70 Å². The first-order valence-electron chi connectivity index (χ1n) is 12.7. The molecule has 3 aromatic carbocycles. The van der Waals surface area contributed by atoms with Gasteiger partial charge in [0, 0.05) is 17.1 Å². The van der Waals surface area contributed by atoms with Crippen LogP contribution in [0.5, 0.6) is 0 Å². The monoisotopic (exact) mass is 482 g/mol. The van der Waals surface area contributed by atoms with Crippen LogP contribution in [0.4, 0.5) is 5.69 Å². The molecule has 0 aliphatic carbocycles. The molecule has 3 aromatic rings. The van der Waals surface area contributed by atoms with Gasteiger partial charge in [-0.05, 0) is 72.1 Å². The third-order valence-electron chi connectivity index (χ3n) is 6.73. The number of benzene rings is 3. The summed E-state index contributed by atoms with van der Waals surface area (Å²) in [4.78, 5) is 5.19. The molecule has 0 radical (unpaired) electrons. The zero-order valence-corrected chi connectivity index (χ0v) is 23.0. The van der Waals surface area contributed by atoms with Gasteiger partial charge in [0.1, 0.15) is 0 Å². The number of thioether (sulfide) groups is 1. The lowest BCUT2D eigenvalue weighted by molar-refractivity contribution is 0.830. The van der Waals surface area contributed by atoms with Crippen molar-refractivity contribution in [1.82, 2.24) is 0 Å². The maximum absolute atomic E-state index is 5.19. The lowest BCUT2D eigenvalue weighted by Gasteiger charge is -2.22. The van der Waals surface area contributed by atoms with Crippen LogP contribution in [-0.2, 0) is 0 Å². The third kappa shape index (κ3) is 5.73. The number of para-hydroxylation sites is 1. The van der Waals surface area contributed by atoms with Crippen molar-refractivity contribution in [3.05, 3.63) is 106 Å². The molecule has 0 bridgehead atoms.